The zero-order chi connectivity index (χ0) is 14.1. The van der Waals surface area contributed by atoms with Crippen LogP contribution in [0.2, 0.25) is 0 Å². The Morgan fingerprint density at radius 2 is 1.90 bits per heavy atom. The summed E-state index contributed by atoms with van der Waals surface area (Å²) in [7, 11) is 1.57. The first-order valence-corrected chi connectivity index (χ1v) is 6.73. The van der Waals surface area contributed by atoms with Crippen LogP contribution >= 0.6 is 15.9 Å². The van der Waals surface area contributed by atoms with Gasteiger partial charge in [-0.25, -0.2) is 9.37 Å². The molecule has 100 valence electrons. The Balaban J connectivity index is 2.33. The molecule has 0 aliphatic carbocycles. The summed E-state index contributed by atoms with van der Waals surface area (Å²) in [4.78, 5) is 8.22. The molecule has 0 spiro atoms. The van der Waals surface area contributed by atoms with Gasteiger partial charge in [0.2, 0.25) is 0 Å². The van der Waals surface area contributed by atoms with Gasteiger partial charge < -0.3 is 4.74 Å². The van der Waals surface area contributed by atoms with Gasteiger partial charge in [0.1, 0.15) is 16.2 Å². The highest BCUT2D eigenvalue weighted by atomic mass is 79.9. The van der Waals surface area contributed by atoms with Crippen molar-refractivity contribution in [2.75, 3.05) is 7.11 Å². The molecule has 0 fully saturated rings. The monoisotopic (exact) mass is 332 g/mol. The van der Waals surface area contributed by atoms with E-state index in [1.165, 1.54) is 6.20 Å². The minimum absolute atomic E-state index is 0.405. The Kier molecular flexibility index (Phi) is 3.36. The molecule has 0 radical (unpaired) electrons. The van der Waals surface area contributed by atoms with E-state index in [2.05, 4.69) is 25.9 Å². The number of hydrogen-bond acceptors (Lipinski definition) is 3. The van der Waals surface area contributed by atoms with Crippen molar-refractivity contribution in [3.63, 3.8) is 0 Å². The maximum Gasteiger partial charge on any atom is 0.149 e. The average Bonchev–Trinajstić information content (AvgIpc) is 2.48. The second-order valence-electron chi connectivity index (χ2n) is 4.21. The summed E-state index contributed by atoms with van der Waals surface area (Å²) in [6.45, 7) is 0. The molecule has 3 aromatic rings. The number of benzene rings is 1. The largest absolute Gasteiger partial charge is 0.495 e. The fourth-order valence-corrected chi connectivity index (χ4v) is 2.48. The zero-order valence-corrected chi connectivity index (χ0v) is 12.2. The van der Waals surface area contributed by atoms with Crippen LogP contribution in [0.15, 0.2) is 47.3 Å². The highest BCUT2D eigenvalue weighted by molar-refractivity contribution is 9.10. The van der Waals surface area contributed by atoms with Gasteiger partial charge in [-0.1, -0.05) is 12.1 Å². The fraction of sp³-hybridized carbons (Fsp3) is 0.0667. The van der Waals surface area contributed by atoms with Crippen LogP contribution in [-0.4, -0.2) is 17.1 Å². The van der Waals surface area contributed by atoms with Crippen molar-refractivity contribution in [1.82, 2.24) is 9.97 Å². The summed E-state index contributed by atoms with van der Waals surface area (Å²) in [5.74, 6) is 0.191. The molecule has 3 rings (SSSR count). The molecule has 5 heteroatoms. The van der Waals surface area contributed by atoms with E-state index in [0.717, 1.165) is 10.9 Å². The number of pyridine rings is 2. The van der Waals surface area contributed by atoms with Gasteiger partial charge in [-0.2, -0.15) is 0 Å². The normalized spacial score (nSPS) is 10.8. The lowest BCUT2D eigenvalue weighted by atomic mass is 10.0. The number of nitrogens with zero attached hydrogens (tertiary/aromatic N) is 2. The van der Waals surface area contributed by atoms with E-state index < -0.39 is 5.82 Å². The van der Waals surface area contributed by atoms with Gasteiger partial charge in [-0.15, -0.1) is 0 Å². The van der Waals surface area contributed by atoms with Gasteiger partial charge in [0.05, 0.1) is 18.8 Å². The standard InChI is InChI=1S/C15H10BrFN2O/c1-20-15-9-4-2-3-5-13(9)18-7-11(15)10-6-14(16)19-8-12(10)17/h2-8H,1H3. The number of para-hydroxylation sites is 1. The molecule has 1 aromatic carbocycles. The molecule has 0 saturated heterocycles. The molecule has 0 unspecified atom stereocenters. The van der Waals surface area contributed by atoms with E-state index in [1.807, 2.05) is 24.3 Å². The Labute approximate surface area is 123 Å². The SMILES string of the molecule is COc1c(-c2cc(Br)ncc2F)cnc2ccccc12. The predicted octanol–water partition coefficient (Wildman–Crippen LogP) is 4.21. The van der Waals surface area contributed by atoms with E-state index >= 15 is 0 Å². The first-order chi connectivity index (χ1) is 9.70. The topological polar surface area (TPSA) is 35.0 Å². The van der Waals surface area contributed by atoms with E-state index in [1.54, 1.807) is 19.4 Å². The average molecular weight is 333 g/mol. The fourth-order valence-electron chi connectivity index (χ4n) is 2.15. The van der Waals surface area contributed by atoms with Gasteiger partial charge >= 0.3 is 0 Å². The van der Waals surface area contributed by atoms with Crippen LogP contribution in [0.4, 0.5) is 4.39 Å². The molecule has 0 aliphatic rings. The van der Waals surface area contributed by atoms with Crippen molar-refractivity contribution >= 4 is 26.8 Å². The Morgan fingerprint density at radius 3 is 2.70 bits per heavy atom. The van der Waals surface area contributed by atoms with Crippen LogP contribution in [0.25, 0.3) is 22.0 Å². The lowest BCUT2D eigenvalue weighted by Crippen LogP contribution is -1.94. The van der Waals surface area contributed by atoms with Crippen LogP contribution in [-0.2, 0) is 0 Å². The van der Waals surface area contributed by atoms with Crippen molar-refractivity contribution in [2.45, 2.75) is 0 Å². The van der Waals surface area contributed by atoms with E-state index in [9.17, 15) is 4.39 Å². The highest BCUT2D eigenvalue weighted by Crippen LogP contribution is 2.37. The van der Waals surface area contributed by atoms with Gasteiger partial charge in [-0.05, 0) is 34.1 Å². The lowest BCUT2D eigenvalue weighted by Gasteiger charge is -2.12. The molecule has 2 heterocycles. The smallest absolute Gasteiger partial charge is 0.149 e. The molecule has 0 atom stereocenters. The third-order valence-corrected chi connectivity index (χ3v) is 3.48. The summed E-state index contributed by atoms with van der Waals surface area (Å²) in [6.07, 6.45) is 2.79. The zero-order valence-electron chi connectivity index (χ0n) is 10.6. The Hall–Kier alpha value is -2.01. The molecule has 3 nitrogen and oxygen atoms in total. The van der Waals surface area contributed by atoms with Gasteiger partial charge in [0.15, 0.2) is 0 Å². The van der Waals surface area contributed by atoms with Gasteiger partial charge in [0.25, 0.3) is 0 Å². The predicted molar refractivity (Wildman–Crippen MR) is 79.2 cm³/mol. The molecular weight excluding hydrogens is 323 g/mol. The highest BCUT2D eigenvalue weighted by Gasteiger charge is 2.15. The van der Waals surface area contributed by atoms with Crippen LogP contribution in [0.5, 0.6) is 5.75 Å². The van der Waals surface area contributed by atoms with Crippen molar-refractivity contribution < 1.29 is 9.13 Å². The number of rotatable bonds is 2. The third kappa shape index (κ3) is 2.14. The Morgan fingerprint density at radius 1 is 1.10 bits per heavy atom. The summed E-state index contributed by atoms with van der Waals surface area (Å²) < 4.78 is 20.0. The van der Waals surface area contributed by atoms with Gasteiger partial charge in [0, 0.05) is 22.7 Å². The van der Waals surface area contributed by atoms with Crippen molar-refractivity contribution in [1.29, 1.82) is 0 Å². The van der Waals surface area contributed by atoms with Crippen molar-refractivity contribution in [2.24, 2.45) is 0 Å². The summed E-state index contributed by atoms with van der Waals surface area (Å²) in [6, 6.07) is 9.20. The first kappa shape index (κ1) is 13.0. The van der Waals surface area contributed by atoms with Crippen LogP contribution < -0.4 is 4.74 Å². The van der Waals surface area contributed by atoms with Gasteiger partial charge in [-0.3, -0.25) is 4.98 Å². The second-order valence-corrected chi connectivity index (χ2v) is 5.02. The number of hydrogen-bond donors (Lipinski definition) is 0. The molecule has 20 heavy (non-hydrogen) atoms. The summed E-state index contributed by atoms with van der Waals surface area (Å²) in [5, 5.41) is 0.847. The number of ether oxygens (including phenoxy) is 1. The summed E-state index contributed by atoms with van der Waals surface area (Å²) >= 11 is 3.25. The first-order valence-electron chi connectivity index (χ1n) is 5.94. The minimum Gasteiger partial charge on any atom is -0.495 e. The quantitative estimate of drug-likeness (QED) is 0.659. The number of methoxy groups -OCH3 is 1. The molecule has 0 aliphatic heterocycles. The molecule has 2 aromatic heterocycles. The number of aromatic nitrogens is 2. The van der Waals surface area contributed by atoms with E-state index in [0.29, 0.717) is 21.5 Å². The maximum atomic E-state index is 14.0. The maximum absolute atomic E-state index is 14.0. The van der Waals surface area contributed by atoms with E-state index in [4.69, 9.17) is 4.74 Å². The molecule has 0 N–H and O–H groups in total. The minimum atomic E-state index is -0.413. The van der Waals surface area contributed by atoms with Crippen LogP contribution in [0.3, 0.4) is 0 Å². The number of fused-ring (bicyclic) bond motifs is 1. The molecule has 0 bridgehead atoms. The molecule has 0 amide bonds. The lowest BCUT2D eigenvalue weighted by molar-refractivity contribution is 0.421. The van der Waals surface area contributed by atoms with Crippen LogP contribution in [0.1, 0.15) is 0 Å². The molecule has 0 saturated carbocycles. The third-order valence-electron chi connectivity index (χ3n) is 3.04. The number of halogens is 2. The van der Waals surface area contributed by atoms with Crippen molar-refractivity contribution in [3.8, 4) is 16.9 Å². The van der Waals surface area contributed by atoms with E-state index in [-0.39, 0.29) is 0 Å². The second kappa shape index (κ2) is 5.17. The van der Waals surface area contributed by atoms with Crippen LogP contribution in [0, 0.1) is 5.82 Å². The summed E-state index contributed by atoms with van der Waals surface area (Å²) in [5.41, 5.74) is 1.82. The van der Waals surface area contributed by atoms with Crippen molar-refractivity contribution in [3.05, 3.63) is 53.1 Å². The Bertz CT molecular complexity index is 792. The molecular formula is C15H10BrFN2O.